The fraction of sp³-hybridized carbons (Fsp3) is 1.00. The summed E-state index contributed by atoms with van der Waals surface area (Å²) < 4.78 is 35.5. The van der Waals surface area contributed by atoms with Crippen LogP contribution in [0, 0.1) is 0 Å². The van der Waals surface area contributed by atoms with E-state index < -0.39 is 12.6 Å². The first-order valence-electron chi connectivity index (χ1n) is 5.97. The highest BCUT2D eigenvalue weighted by atomic mass is 19.4. The number of aliphatic hydroxyl groups excluding tert-OH is 1. The highest BCUT2D eigenvalue weighted by molar-refractivity contribution is 4.80. The first-order chi connectivity index (χ1) is 7.49. The Labute approximate surface area is 94.2 Å². The number of hydrogen-bond donors (Lipinski definition) is 2. The van der Waals surface area contributed by atoms with E-state index >= 15 is 0 Å². The number of rotatable bonds is 5. The minimum Gasteiger partial charge on any atom is -0.392 e. The molecular weight excluding hydrogens is 219 g/mol. The largest absolute Gasteiger partial charge is 0.392 e. The van der Waals surface area contributed by atoms with Gasteiger partial charge in [-0.3, -0.25) is 0 Å². The molecule has 1 aliphatic rings. The van der Waals surface area contributed by atoms with Crippen LogP contribution < -0.4 is 5.32 Å². The summed E-state index contributed by atoms with van der Waals surface area (Å²) in [6.45, 7) is 0.567. The molecule has 2 N–H and O–H groups in total. The second kappa shape index (κ2) is 6.45. The third-order valence-electron chi connectivity index (χ3n) is 3.02. The maximum Gasteiger partial charge on any atom is 0.389 e. The lowest BCUT2D eigenvalue weighted by Crippen LogP contribution is -2.42. The maximum absolute atomic E-state index is 11.8. The Morgan fingerprint density at radius 2 is 1.81 bits per heavy atom. The van der Waals surface area contributed by atoms with Crippen LogP contribution in [0.5, 0.6) is 0 Å². The molecule has 1 saturated carbocycles. The lowest BCUT2D eigenvalue weighted by molar-refractivity contribution is -0.135. The number of hydrogen-bond acceptors (Lipinski definition) is 2. The summed E-state index contributed by atoms with van der Waals surface area (Å²) in [5.41, 5.74) is 0. The van der Waals surface area contributed by atoms with E-state index in [0.29, 0.717) is 13.0 Å². The van der Waals surface area contributed by atoms with Crippen LogP contribution in [0.3, 0.4) is 0 Å². The van der Waals surface area contributed by atoms with Crippen molar-refractivity contribution < 1.29 is 18.3 Å². The number of halogens is 3. The highest BCUT2D eigenvalue weighted by Gasteiger charge is 2.26. The van der Waals surface area contributed by atoms with Gasteiger partial charge >= 0.3 is 6.18 Å². The molecule has 2 atom stereocenters. The molecule has 0 saturated heterocycles. The van der Waals surface area contributed by atoms with Crippen LogP contribution in [-0.2, 0) is 0 Å². The molecule has 0 amide bonds. The number of nitrogens with one attached hydrogen (secondary N) is 1. The first-order valence-corrected chi connectivity index (χ1v) is 5.97. The minimum atomic E-state index is -4.04. The van der Waals surface area contributed by atoms with Crippen molar-refractivity contribution in [3.63, 3.8) is 0 Å². The van der Waals surface area contributed by atoms with Gasteiger partial charge in [0.05, 0.1) is 6.10 Å². The van der Waals surface area contributed by atoms with Crippen LogP contribution in [-0.4, -0.2) is 30.0 Å². The number of aliphatic hydroxyl groups is 1. The zero-order valence-corrected chi connectivity index (χ0v) is 9.39. The lowest BCUT2D eigenvalue weighted by atomic mass is 9.92. The smallest absolute Gasteiger partial charge is 0.389 e. The molecule has 1 rings (SSSR count). The summed E-state index contributed by atoms with van der Waals surface area (Å²) in [5.74, 6) is 0. The van der Waals surface area contributed by atoms with Crippen LogP contribution in [0.4, 0.5) is 13.2 Å². The van der Waals surface area contributed by atoms with E-state index in [1.165, 1.54) is 0 Å². The second-order valence-corrected chi connectivity index (χ2v) is 4.48. The fourth-order valence-corrected chi connectivity index (χ4v) is 2.09. The van der Waals surface area contributed by atoms with Crippen molar-refractivity contribution in [3.05, 3.63) is 0 Å². The molecule has 5 heteroatoms. The van der Waals surface area contributed by atoms with Crippen LogP contribution in [0.2, 0.25) is 0 Å². The molecule has 0 radical (unpaired) electrons. The monoisotopic (exact) mass is 239 g/mol. The summed E-state index contributed by atoms with van der Waals surface area (Å²) in [4.78, 5) is 0. The fourth-order valence-electron chi connectivity index (χ4n) is 2.09. The molecule has 0 aromatic heterocycles. The van der Waals surface area contributed by atoms with Crippen molar-refractivity contribution >= 4 is 0 Å². The lowest BCUT2D eigenvalue weighted by Gasteiger charge is -2.28. The SMILES string of the molecule is O[C@@H]1CCCC[C@H]1NCCCCC(F)(F)F. The Bertz CT molecular complexity index is 196. The van der Waals surface area contributed by atoms with Crippen molar-refractivity contribution in [2.24, 2.45) is 0 Å². The van der Waals surface area contributed by atoms with E-state index in [-0.39, 0.29) is 18.6 Å². The average molecular weight is 239 g/mol. The van der Waals surface area contributed by atoms with E-state index in [4.69, 9.17) is 0 Å². The molecule has 96 valence electrons. The van der Waals surface area contributed by atoms with Crippen LogP contribution in [0.1, 0.15) is 44.9 Å². The van der Waals surface area contributed by atoms with E-state index in [2.05, 4.69) is 5.32 Å². The van der Waals surface area contributed by atoms with Gasteiger partial charge in [-0.2, -0.15) is 13.2 Å². The highest BCUT2D eigenvalue weighted by Crippen LogP contribution is 2.22. The maximum atomic E-state index is 11.8. The van der Waals surface area contributed by atoms with Gasteiger partial charge in [-0.1, -0.05) is 12.8 Å². The third kappa shape index (κ3) is 5.70. The zero-order chi connectivity index (χ0) is 12.0. The summed E-state index contributed by atoms with van der Waals surface area (Å²) >= 11 is 0. The number of alkyl halides is 3. The third-order valence-corrected chi connectivity index (χ3v) is 3.02. The van der Waals surface area contributed by atoms with Gasteiger partial charge in [-0.05, 0) is 32.2 Å². The van der Waals surface area contributed by atoms with Gasteiger partial charge in [0.1, 0.15) is 0 Å². The molecule has 0 heterocycles. The minimum absolute atomic E-state index is 0.0830. The van der Waals surface area contributed by atoms with Crippen molar-refractivity contribution in [2.45, 2.75) is 63.3 Å². The van der Waals surface area contributed by atoms with Crippen molar-refractivity contribution in [3.8, 4) is 0 Å². The topological polar surface area (TPSA) is 32.3 Å². The molecule has 2 nitrogen and oxygen atoms in total. The molecule has 0 aromatic carbocycles. The van der Waals surface area contributed by atoms with Gasteiger partial charge in [0.15, 0.2) is 0 Å². The van der Waals surface area contributed by atoms with Crippen molar-refractivity contribution in [2.75, 3.05) is 6.54 Å². The van der Waals surface area contributed by atoms with E-state index in [1.807, 2.05) is 0 Å². The molecular formula is C11H20F3NO. The Morgan fingerprint density at radius 3 is 2.44 bits per heavy atom. The van der Waals surface area contributed by atoms with Crippen LogP contribution >= 0.6 is 0 Å². The Hall–Kier alpha value is -0.290. The Balaban J connectivity index is 2.02. The van der Waals surface area contributed by atoms with E-state index in [1.54, 1.807) is 0 Å². The molecule has 0 bridgehead atoms. The van der Waals surface area contributed by atoms with Gasteiger partial charge in [-0.25, -0.2) is 0 Å². The molecule has 0 aromatic rings. The summed E-state index contributed by atoms with van der Waals surface area (Å²) in [6.07, 6.45) is -0.504. The standard InChI is InChI=1S/C11H20F3NO/c12-11(13,14)7-3-4-8-15-9-5-1-2-6-10(9)16/h9-10,15-16H,1-8H2/t9-,10-/m1/s1. The molecule has 0 unspecified atom stereocenters. The predicted molar refractivity (Wildman–Crippen MR) is 56.2 cm³/mol. The zero-order valence-electron chi connectivity index (χ0n) is 9.39. The van der Waals surface area contributed by atoms with Crippen LogP contribution in [0.25, 0.3) is 0 Å². The molecule has 1 aliphatic carbocycles. The summed E-state index contributed by atoms with van der Waals surface area (Å²) in [7, 11) is 0. The predicted octanol–water partition coefficient (Wildman–Crippen LogP) is 2.61. The molecule has 0 spiro atoms. The summed E-state index contributed by atoms with van der Waals surface area (Å²) in [5, 5.41) is 12.8. The second-order valence-electron chi connectivity index (χ2n) is 4.48. The molecule has 1 fully saturated rings. The Kier molecular flexibility index (Phi) is 5.55. The van der Waals surface area contributed by atoms with E-state index in [0.717, 1.165) is 25.7 Å². The van der Waals surface area contributed by atoms with Crippen molar-refractivity contribution in [1.82, 2.24) is 5.32 Å². The number of unbranched alkanes of at least 4 members (excludes halogenated alkanes) is 1. The molecule has 16 heavy (non-hydrogen) atoms. The van der Waals surface area contributed by atoms with Gasteiger partial charge in [0.25, 0.3) is 0 Å². The molecule has 0 aliphatic heterocycles. The van der Waals surface area contributed by atoms with Gasteiger partial charge in [0, 0.05) is 12.5 Å². The van der Waals surface area contributed by atoms with Crippen LogP contribution in [0.15, 0.2) is 0 Å². The van der Waals surface area contributed by atoms with Gasteiger partial charge in [0.2, 0.25) is 0 Å². The van der Waals surface area contributed by atoms with Gasteiger partial charge < -0.3 is 10.4 Å². The Morgan fingerprint density at radius 1 is 1.12 bits per heavy atom. The normalized spacial score (nSPS) is 27.0. The van der Waals surface area contributed by atoms with Gasteiger partial charge in [-0.15, -0.1) is 0 Å². The summed E-state index contributed by atoms with van der Waals surface area (Å²) in [6, 6.07) is 0.0830. The van der Waals surface area contributed by atoms with E-state index in [9.17, 15) is 18.3 Å². The first kappa shape index (κ1) is 13.8. The average Bonchev–Trinajstić information content (AvgIpc) is 2.18. The quantitative estimate of drug-likeness (QED) is 0.723. The van der Waals surface area contributed by atoms with Crippen molar-refractivity contribution in [1.29, 1.82) is 0 Å².